The average molecular weight is 423 g/mol. The number of nitrogens with one attached hydrogen (secondary N) is 1. The van der Waals surface area contributed by atoms with Crippen LogP contribution < -0.4 is 10.2 Å². The molecule has 7 nitrogen and oxygen atoms in total. The molecule has 2 aliphatic rings. The predicted molar refractivity (Wildman–Crippen MR) is 125 cm³/mol. The van der Waals surface area contributed by atoms with Gasteiger partial charge >= 0.3 is 0 Å². The lowest BCUT2D eigenvalue weighted by Gasteiger charge is -2.37. The summed E-state index contributed by atoms with van der Waals surface area (Å²) in [6, 6.07) is 14.6. The van der Waals surface area contributed by atoms with Gasteiger partial charge in [-0.15, -0.1) is 0 Å². The third-order valence-electron chi connectivity index (χ3n) is 6.02. The van der Waals surface area contributed by atoms with E-state index in [0.29, 0.717) is 13.1 Å². The number of hydrogen-bond donors (Lipinski definition) is 2. The van der Waals surface area contributed by atoms with Crippen molar-refractivity contribution >= 4 is 11.8 Å². The lowest BCUT2D eigenvalue weighted by Crippen LogP contribution is -2.53. The minimum absolute atomic E-state index is 0.418. The second kappa shape index (κ2) is 10.6. The smallest absolute Gasteiger partial charge is 0.194 e. The summed E-state index contributed by atoms with van der Waals surface area (Å²) in [4.78, 5) is 16.2. The number of anilines is 1. The van der Waals surface area contributed by atoms with E-state index < -0.39 is 6.10 Å². The molecule has 1 unspecified atom stereocenters. The average Bonchev–Trinajstić information content (AvgIpc) is 2.82. The number of hydrogen-bond acceptors (Lipinski definition) is 5. The number of fused-ring (bicyclic) bond motifs is 1. The Hall–Kier alpha value is -2.64. The largest absolute Gasteiger partial charge is 0.390 e. The number of benzene rings is 1. The van der Waals surface area contributed by atoms with Crippen molar-refractivity contribution in [2.75, 3.05) is 57.3 Å². The number of nitrogens with zero attached hydrogens (tertiary/aromatic N) is 5. The molecule has 1 atom stereocenters. The Labute approximate surface area is 185 Å². The molecular formula is C24H34N6O. The van der Waals surface area contributed by atoms with E-state index in [1.54, 1.807) is 0 Å². The van der Waals surface area contributed by atoms with Gasteiger partial charge in [-0.3, -0.25) is 9.89 Å². The summed E-state index contributed by atoms with van der Waals surface area (Å²) in [7, 11) is 0. The van der Waals surface area contributed by atoms with Crippen molar-refractivity contribution < 1.29 is 5.11 Å². The molecule has 2 aliphatic heterocycles. The molecule has 0 radical (unpaired) electrons. The van der Waals surface area contributed by atoms with E-state index >= 15 is 0 Å². The van der Waals surface area contributed by atoms with E-state index in [9.17, 15) is 5.11 Å². The number of aliphatic hydroxyl groups excluding tert-OH is 1. The Balaban J connectivity index is 1.29. The Morgan fingerprint density at radius 3 is 2.58 bits per heavy atom. The van der Waals surface area contributed by atoms with Crippen LogP contribution in [0.3, 0.4) is 0 Å². The number of guanidine groups is 1. The Morgan fingerprint density at radius 1 is 1.06 bits per heavy atom. The van der Waals surface area contributed by atoms with Crippen molar-refractivity contribution in [1.29, 1.82) is 0 Å². The van der Waals surface area contributed by atoms with Gasteiger partial charge in [-0.2, -0.15) is 0 Å². The van der Waals surface area contributed by atoms with Crippen molar-refractivity contribution in [3.63, 3.8) is 0 Å². The maximum atomic E-state index is 10.6. The summed E-state index contributed by atoms with van der Waals surface area (Å²) >= 11 is 0. The maximum Gasteiger partial charge on any atom is 0.194 e. The monoisotopic (exact) mass is 422 g/mol. The van der Waals surface area contributed by atoms with Crippen molar-refractivity contribution in [1.82, 2.24) is 20.1 Å². The summed E-state index contributed by atoms with van der Waals surface area (Å²) < 4.78 is 0. The second-order valence-corrected chi connectivity index (χ2v) is 8.26. The van der Waals surface area contributed by atoms with Crippen LogP contribution in [0, 0.1) is 0 Å². The van der Waals surface area contributed by atoms with E-state index in [4.69, 9.17) is 4.99 Å². The minimum Gasteiger partial charge on any atom is -0.390 e. The van der Waals surface area contributed by atoms with E-state index in [1.807, 2.05) is 18.3 Å². The number of aromatic nitrogens is 1. The molecule has 0 aliphatic carbocycles. The van der Waals surface area contributed by atoms with Gasteiger partial charge in [-0.05, 0) is 36.6 Å². The quantitative estimate of drug-likeness (QED) is 0.544. The summed E-state index contributed by atoms with van der Waals surface area (Å²) in [5.41, 5.74) is 2.81. The molecule has 2 N–H and O–H groups in total. The molecule has 166 valence electrons. The molecule has 0 bridgehead atoms. The molecule has 3 heterocycles. The third-order valence-corrected chi connectivity index (χ3v) is 6.02. The Kier molecular flexibility index (Phi) is 7.38. The van der Waals surface area contributed by atoms with E-state index in [0.717, 1.165) is 64.0 Å². The van der Waals surface area contributed by atoms with E-state index in [1.165, 1.54) is 11.1 Å². The van der Waals surface area contributed by atoms with E-state index in [2.05, 4.69) is 62.3 Å². The molecule has 31 heavy (non-hydrogen) atoms. The molecule has 7 heteroatoms. The highest BCUT2D eigenvalue weighted by Crippen LogP contribution is 2.18. The first-order chi connectivity index (χ1) is 15.2. The van der Waals surface area contributed by atoms with Crippen LogP contribution >= 0.6 is 0 Å². The highest BCUT2D eigenvalue weighted by Gasteiger charge is 2.22. The van der Waals surface area contributed by atoms with Crippen LogP contribution in [0.2, 0.25) is 0 Å². The zero-order valence-corrected chi connectivity index (χ0v) is 18.5. The van der Waals surface area contributed by atoms with Crippen molar-refractivity contribution in [2.45, 2.75) is 26.0 Å². The maximum absolute atomic E-state index is 10.6. The summed E-state index contributed by atoms with van der Waals surface area (Å²) in [5.74, 6) is 1.92. The van der Waals surface area contributed by atoms with Crippen LogP contribution in [0.15, 0.2) is 53.7 Å². The lowest BCUT2D eigenvalue weighted by molar-refractivity contribution is 0.111. The topological polar surface area (TPSA) is 67.2 Å². The van der Waals surface area contributed by atoms with Gasteiger partial charge in [0.25, 0.3) is 0 Å². The number of rotatable bonds is 6. The second-order valence-electron chi connectivity index (χ2n) is 8.26. The molecule has 0 spiro atoms. The van der Waals surface area contributed by atoms with Gasteiger partial charge in [0.2, 0.25) is 0 Å². The fraction of sp³-hybridized carbons (Fsp3) is 0.500. The van der Waals surface area contributed by atoms with Crippen LogP contribution in [0.4, 0.5) is 5.82 Å². The fourth-order valence-corrected chi connectivity index (χ4v) is 4.37. The number of aliphatic hydroxyl groups is 1. The normalized spacial score (nSPS) is 18.6. The van der Waals surface area contributed by atoms with Crippen molar-refractivity contribution in [3.05, 3.63) is 59.8 Å². The number of β-amino-alcohol motifs (C(OH)–C–C–N with tert-alkyl or cyclic N) is 1. The van der Waals surface area contributed by atoms with Gasteiger partial charge in [0.1, 0.15) is 5.82 Å². The summed E-state index contributed by atoms with van der Waals surface area (Å²) in [5, 5.41) is 14.0. The van der Waals surface area contributed by atoms with Gasteiger partial charge in [-0.1, -0.05) is 30.3 Å². The first kappa shape index (κ1) is 21.6. The van der Waals surface area contributed by atoms with E-state index in [-0.39, 0.29) is 0 Å². The molecule has 1 saturated heterocycles. The Bertz CT molecular complexity index is 850. The number of aliphatic imine (C=N–C) groups is 1. The fourth-order valence-electron chi connectivity index (χ4n) is 4.37. The number of piperazine rings is 1. The van der Waals surface area contributed by atoms with Gasteiger partial charge in [0, 0.05) is 58.6 Å². The summed E-state index contributed by atoms with van der Waals surface area (Å²) in [6.07, 6.45) is 2.43. The molecule has 4 rings (SSSR count). The molecule has 0 amide bonds. The molecule has 1 fully saturated rings. The number of pyridine rings is 1. The van der Waals surface area contributed by atoms with Gasteiger partial charge in [0.05, 0.1) is 12.6 Å². The van der Waals surface area contributed by atoms with Gasteiger partial charge < -0.3 is 20.2 Å². The zero-order chi connectivity index (χ0) is 21.5. The first-order valence-electron chi connectivity index (χ1n) is 11.4. The van der Waals surface area contributed by atoms with Crippen LogP contribution in [0.5, 0.6) is 0 Å². The van der Waals surface area contributed by atoms with Crippen molar-refractivity contribution in [2.24, 2.45) is 4.99 Å². The predicted octanol–water partition coefficient (Wildman–Crippen LogP) is 1.59. The van der Waals surface area contributed by atoms with Crippen molar-refractivity contribution in [3.8, 4) is 0 Å². The van der Waals surface area contributed by atoms with Gasteiger partial charge in [0.15, 0.2) is 5.96 Å². The SMILES string of the molecule is CCNC(=NCC(O)CN1CCc2ccccc2C1)N1CCN(c2ccccn2)CC1. The van der Waals surface area contributed by atoms with Crippen LogP contribution in [0.1, 0.15) is 18.1 Å². The highest BCUT2D eigenvalue weighted by atomic mass is 16.3. The molecular weight excluding hydrogens is 388 g/mol. The van der Waals surface area contributed by atoms with Crippen LogP contribution in [-0.4, -0.2) is 84.3 Å². The third kappa shape index (κ3) is 5.74. The zero-order valence-electron chi connectivity index (χ0n) is 18.5. The molecule has 1 aromatic heterocycles. The lowest BCUT2D eigenvalue weighted by atomic mass is 10.00. The summed E-state index contributed by atoms with van der Waals surface area (Å²) in [6.45, 7) is 9.49. The minimum atomic E-state index is -0.464. The molecule has 2 aromatic rings. The first-order valence-corrected chi connectivity index (χ1v) is 11.4. The van der Waals surface area contributed by atoms with Gasteiger partial charge in [-0.25, -0.2) is 4.98 Å². The highest BCUT2D eigenvalue weighted by molar-refractivity contribution is 5.80. The standard InChI is InChI=1S/C24H34N6O/c1-2-25-24(30-15-13-29(14-16-30)23-9-5-6-11-26-23)27-17-22(31)19-28-12-10-20-7-3-4-8-21(20)18-28/h3-9,11,22,31H,2,10,12-19H2,1H3,(H,25,27). The van der Waals surface area contributed by atoms with Crippen LogP contribution in [0.25, 0.3) is 0 Å². The molecule has 1 aromatic carbocycles. The molecule has 0 saturated carbocycles. The van der Waals surface area contributed by atoms with Crippen LogP contribution in [-0.2, 0) is 13.0 Å². The Morgan fingerprint density at radius 2 is 1.84 bits per heavy atom.